The van der Waals surface area contributed by atoms with Gasteiger partial charge in [-0.3, -0.25) is 0 Å². The van der Waals surface area contributed by atoms with Crippen molar-refractivity contribution < 1.29 is 18.7 Å². The monoisotopic (exact) mass is 226 g/mol. The number of benzene rings is 1. The van der Waals surface area contributed by atoms with Crippen LogP contribution in [0.1, 0.15) is 19.4 Å². The van der Waals surface area contributed by atoms with Crippen molar-refractivity contribution in [2.75, 3.05) is 6.61 Å². The van der Waals surface area contributed by atoms with Crippen LogP contribution in [0.2, 0.25) is 0 Å². The van der Waals surface area contributed by atoms with E-state index >= 15 is 0 Å². The number of halogens is 1. The quantitative estimate of drug-likeness (QED) is 0.740. The summed E-state index contributed by atoms with van der Waals surface area (Å²) in [5, 5.41) is 0. The molecule has 0 bridgehead atoms. The molecule has 1 aromatic carbocycles. The van der Waals surface area contributed by atoms with Gasteiger partial charge < -0.3 is 9.47 Å². The first-order valence-electron chi connectivity index (χ1n) is 5.07. The third kappa shape index (κ3) is 3.88. The molecule has 0 amide bonds. The maximum Gasteiger partial charge on any atom is 0.344 e. The van der Waals surface area contributed by atoms with Gasteiger partial charge in [0.2, 0.25) is 0 Å². The van der Waals surface area contributed by atoms with Crippen molar-refractivity contribution in [3.63, 3.8) is 0 Å². The summed E-state index contributed by atoms with van der Waals surface area (Å²) in [5.41, 5.74) is 0.539. The molecule has 0 saturated carbocycles. The SMILES string of the molecule is Cc1ccc(OCC(=O)OC(C)C)cc1F. The van der Waals surface area contributed by atoms with Gasteiger partial charge in [-0.2, -0.15) is 0 Å². The predicted octanol–water partition coefficient (Wildman–Crippen LogP) is 2.46. The van der Waals surface area contributed by atoms with E-state index in [1.807, 2.05) is 0 Å². The van der Waals surface area contributed by atoms with E-state index in [0.29, 0.717) is 11.3 Å². The molecule has 0 atom stereocenters. The van der Waals surface area contributed by atoms with Crippen LogP contribution in [0.5, 0.6) is 5.75 Å². The van der Waals surface area contributed by atoms with Crippen LogP contribution < -0.4 is 4.74 Å². The van der Waals surface area contributed by atoms with Gasteiger partial charge >= 0.3 is 5.97 Å². The van der Waals surface area contributed by atoms with Gasteiger partial charge in [0.05, 0.1) is 6.10 Å². The highest BCUT2D eigenvalue weighted by Crippen LogP contribution is 2.15. The summed E-state index contributed by atoms with van der Waals surface area (Å²) in [5.74, 6) is -0.491. The van der Waals surface area contributed by atoms with Gasteiger partial charge in [0.25, 0.3) is 0 Å². The zero-order valence-corrected chi connectivity index (χ0v) is 9.62. The second-order valence-corrected chi connectivity index (χ2v) is 3.74. The minimum Gasteiger partial charge on any atom is -0.482 e. The highest BCUT2D eigenvalue weighted by Gasteiger charge is 2.07. The molecule has 0 aliphatic rings. The summed E-state index contributed by atoms with van der Waals surface area (Å²) in [4.78, 5) is 11.1. The molecular weight excluding hydrogens is 211 g/mol. The number of esters is 1. The first-order valence-corrected chi connectivity index (χ1v) is 5.07. The Morgan fingerprint density at radius 1 is 1.44 bits per heavy atom. The Bertz CT molecular complexity index is 375. The Hall–Kier alpha value is -1.58. The van der Waals surface area contributed by atoms with E-state index in [1.54, 1.807) is 32.9 Å². The van der Waals surface area contributed by atoms with Gasteiger partial charge in [-0.15, -0.1) is 0 Å². The molecule has 4 heteroatoms. The minimum atomic E-state index is -0.462. The van der Waals surface area contributed by atoms with E-state index in [1.165, 1.54) is 6.07 Å². The minimum absolute atomic E-state index is 0.175. The van der Waals surface area contributed by atoms with Crippen molar-refractivity contribution in [3.05, 3.63) is 29.6 Å². The Morgan fingerprint density at radius 3 is 2.69 bits per heavy atom. The molecular formula is C12H15FO3. The molecule has 0 unspecified atom stereocenters. The summed E-state index contributed by atoms with van der Waals surface area (Å²) >= 11 is 0. The van der Waals surface area contributed by atoms with E-state index in [0.717, 1.165) is 0 Å². The Kier molecular flexibility index (Phi) is 4.28. The van der Waals surface area contributed by atoms with Gasteiger partial charge in [-0.1, -0.05) is 6.07 Å². The highest BCUT2D eigenvalue weighted by molar-refractivity contribution is 5.71. The molecule has 0 fully saturated rings. The predicted molar refractivity (Wildman–Crippen MR) is 57.9 cm³/mol. The fourth-order valence-corrected chi connectivity index (χ4v) is 1.10. The second kappa shape index (κ2) is 5.49. The Labute approximate surface area is 94.2 Å². The van der Waals surface area contributed by atoms with Gasteiger partial charge in [0, 0.05) is 6.07 Å². The average molecular weight is 226 g/mol. The van der Waals surface area contributed by atoms with Gasteiger partial charge in [0.1, 0.15) is 11.6 Å². The molecule has 0 radical (unpaired) electrons. The number of hydrogen-bond acceptors (Lipinski definition) is 3. The molecule has 0 saturated heterocycles. The van der Waals surface area contributed by atoms with Crippen LogP contribution in [0, 0.1) is 12.7 Å². The van der Waals surface area contributed by atoms with Crippen molar-refractivity contribution in [1.82, 2.24) is 0 Å². The number of carbonyl (C=O) groups excluding carboxylic acids is 1. The van der Waals surface area contributed by atoms with Crippen LogP contribution in [0.25, 0.3) is 0 Å². The lowest BCUT2D eigenvalue weighted by Crippen LogP contribution is -2.18. The van der Waals surface area contributed by atoms with E-state index in [-0.39, 0.29) is 18.5 Å². The lowest BCUT2D eigenvalue weighted by Gasteiger charge is -2.09. The van der Waals surface area contributed by atoms with E-state index in [9.17, 15) is 9.18 Å². The molecule has 1 rings (SSSR count). The zero-order valence-electron chi connectivity index (χ0n) is 9.62. The smallest absolute Gasteiger partial charge is 0.344 e. The zero-order chi connectivity index (χ0) is 12.1. The third-order valence-electron chi connectivity index (χ3n) is 1.87. The summed E-state index contributed by atoms with van der Waals surface area (Å²) in [7, 11) is 0. The van der Waals surface area contributed by atoms with Crippen LogP contribution in [0.3, 0.4) is 0 Å². The number of hydrogen-bond donors (Lipinski definition) is 0. The van der Waals surface area contributed by atoms with Crippen LogP contribution in [-0.2, 0) is 9.53 Å². The van der Waals surface area contributed by atoms with Crippen LogP contribution in [0.15, 0.2) is 18.2 Å². The number of carbonyl (C=O) groups is 1. The number of ether oxygens (including phenoxy) is 2. The van der Waals surface area contributed by atoms with E-state index in [4.69, 9.17) is 9.47 Å². The van der Waals surface area contributed by atoms with Crippen LogP contribution in [-0.4, -0.2) is 18.7 Å². The normalized spacial score (nSPS) is 10.3. The molecule has 3 nitrogen and oxygen atoms in total. The van der Waals surface area contributed by atoms with E-state index in [2.05, 4.69) is 0 Å². The summed E-state index contributed by atoms with van der Waals surface area (Å²) in [6.07, 6.45) is -0.175. The largest absolute Gasteiger partial charge is 0.482 e. The first kappa shape index (κ1) is 12.5. The van der Waals surface area contributed by atoms with Crippen molar-refractivity contribution in [1.29, 1.82) is 0 Å². The van der Waals surface area contributed by atoms with E-state index < -0.39 is 5.97 Å². The topological polar surface area (TPSA) is 35.5 Å². The fraction of sp³-hybridized carbons (Fsp3) is 0.417. The van der Waals surface area contributed by atoms with Crippen LogP contribution >= 0.6 is 0 Å². The number of aryl methyl sites for hydroxylation is 1. The van der Waals surface area contributed by atoms with Crippen LogP contribution in [0.4, 0.5) is 4.39 Å². The Balaban J connectivity index is 2.48. The standard InChI is InChI=1S/C12H15FO3/c1-8(2)16-12(14)7-15-10-5-4-9(3)11(13)6-10/h4-6,8H,7H2,1-3H3. The van der Waals surface area contributed by atoms with Crippen molar-refractivity contribution >= 4 is 5.97 Å². The lowest BCUT2D eigenvalue weighted by atomic mass is 10.2. The van der Waals surface area contributed by atoms with Gasteiger partial charge in [0.15, 0.2) is 6.61 Å². The van der Waals surface area contributed by atoms with Crippen molar-refractivity contribution in [2.45, 2.75) is 26.9 Å². The van der Waals surface area contributed by atoms with Crippen molar-refractivity contribution in [3.8, 4) is 5.75 Å². The van der Waals surface area contributed by atoms with Gasteiger partial charge in [-0.05, 0) is 32.4 Å². The molecule has 16 heavy (non-hydrogen) atoms. The number of rotatable bonds is 4. The van der Waals surface area contributed by atoms with Gasteiger partial charge in [-0.25, -0.2) is 9.18 Å². The molecule has 0 aliphatic carbocycles. The molecule has 0 N–H and O–H groups in total. The summed E-state index contributed by atoms with van der Waals surface area (Å²) in [6.45, 7) is 4.96. The average Bonchev–Trinajstić information content (AvgIpc) is 2.19. The molecule has 0 spiro atoms. The molecule has 88 valence electrons. The maximum atomic E-state index is 13.1. The molecule has 0 heterocycles. The summed E-state index contributed by atoms with van der Waals surface area (Å²) in [6, 6.07) is 4.46. The first-order chi connectivity index (χ1) is 7.49. The third-order valence-corrected chi connectivity index (χ3v) is 1.87. The fourth-order valence-electron chi connectivity index (χ4n) is 1.10. The molecule has 1 aromatic rings. The molecule has 0 aromatic heterocycles. The maximum absolute atomic E-state index is 13.1. The van der Waals surface area contributed by atoms with Crippen molar-refractivity contribution in [2.24, 2.45) is 0 Å². The second-order valence-electron chi connectivity index (χ2n) is 3.74. The molecule has 0 aliphatic heterocycles. The highest BCUT2D eigenvalue weighted by atomic mass is 19.1. The lowest BCUT2D eigenvalue weighted by molar-refractivity contribution is -0.149. The Morgan fingerprint density at radius 2 is 2.12 bits per heavy atom. The summed E-state index contributed by atoms with van der Waals surface area (Å²) < 4.78 is 23.1.